The van der Waals surface area contributed by atoms with Gasteiger partial charge in [0.1, 0.15) is 0 Å². The quantitative estimate of drug-likeness (QED) is 0.729. The van der Waals surface area contributed by atoms with Gasteiger partial charge in [-0.3, -0.25) is 0 Å². The van der Waals surface area contributed by atoms with E-state index in [4.69, 9.17) is 5.73 Å². The molecule has 0 aromatic carbocycles. The highest BCUT2D eigenvalue weighted by atomic mass is 19.3. The van der Waals surface area contributed by atoms with E-state index in [0.717, 1.165) is 6.42 Å². The standard InChI is InChI=1S/C13H19F2N/c1-11(7-3-2-4-8-11)12(16)9-5-6-10-13(12,14)15/h2-4,7H,5-6,8-10,16H2,1H3/t11?,12-/m0/s1. The topological polar surface area (TPSA) is 26.0 Å². The zero-order chi connectivity index (χ0) is 11.9. The molecule has 0 aromatic rings. The Morgan fingerprint density at radius 1 is 1.12 bits per heavy atom. The van der Waals surface area contributed by atoms with Crippen molar-refractivity contribution in [1.82, 2.24) is 0 Å². The Hall–Kier alpha value is -0.700. The lowest BCUT2D eigenvalue weighted by molar-refractivity contribution is -0.138. The molecule has 16 heavy (non-hydrogen) atoms. The van der Waals surface area contributed by atoms with Crippen molar-refractivity contribution in [2.24, 2.45) is 11.1 Å². The minimum absolute atomic E-state index is 0.0728. The number of allylic oxidation sites excluding steroid dienone is 3. The van der Waals surface area contributed by atoms with Crippen molar-refractivity contribution in [3.8, 4) is 0 Å². The number of halogens is 2. The summed E-state index contributed by atoms with van der Waals surface area (Å²) in [4.78, 5) is 0. The van der Waals surface area contributed by atoms with Crippen LogP contribution < -0.4 is 5.73 Å². The van der Waals surface area contributed by atoms with Crippen molar-refractivity contribution < 1.29 is 8.78 Å². The Morgan fingerprint density at radius 2 is 1.81 bits per heavy atom. The molecular weight excluding hydrogens is 208 g/mol. The molecule has 0 heterocycles. The number of hydrogen-bond acceptors (Lipinski definition) is 1. The van der Waals surface area contributed by atoms with Crippen LogP contribution in [-0.2, 0) is 0 Å². The first-order valence-corrected chi connectivity index (χ1v) is 5.92. The van der Waals surface area contributed by atoms with Crippen LogP contribution in [-0.4, -0.2) is 11.5 Å². The van der Waals surface area contributed by atoms with Gasteiger partial charge in [-0.2, -0.15) is 0 Å². The van der Waals surface area contributed by atoms with E-state index in [1.807, 2.05) is 31.2 Å². The van der Waals surface area contributed by atoms with Crippen LogP contribution in [0.2, 0.25) is 0 Å². The summed E-state index contributed by atoms with van der Waals surface area (Å²) >= 11 is 0. The second-order valence-corrected chi connectivity index (χ2v) is 5.29. The fraction of sp³-hybridized carbons (Fsp3) is 0.692. The maximum Gasteiger partial charge on any atom is 0.266 e. The van der Waals surface area contributed by atoms with E-state index < -0.39 is 16.9 Å². The molecule has 2 aliphatic carbocycles. The van der Waals surface area contributed by atoms with E-state index in [1.165, 1.54) is 0 Å². The van der Waals surface area contributed by atoms with Crippen molar-refractivity contribution in [3.63, 3.8) is 0 Å². The lowest BCUT2D eigenvalue weighted by Gasteiger charge is -2.51. The van der Waals surface area contributed by atoms with Crippen molar-refractivity contribution in [3.05, 3.63) is 24.3 Å². The van der Waals surface area contributed by atoms with Crippen molar-refractivity contribution in [1.29, 1.82) is 0 Å². The third-order valence-corrected chi connectivity index (χ3v) is 4.24. The molecular formula is C13H19F2N. The van der Waals surface area contributed by atoms with Gasteiger partial charge in [0, 0.05) is 11.8 Å². The zero-order valence-corrected chi connectivity index (χ0v) is 9.68. The smallest absolute Gasteiger partial charge is 0.266 e. The molecule has 2 N–H and O–H groups in total. The molecule has 90 valence electrons. The van der Waals surface area contributed by atoms with Gasteiger partial charge < -0.3 is 5.73 Å². The summed E-state index contributed by atoms with van der Waals surface area (Å²) in [6.45, 7) is 1.85. The molecule has 2 aliphatic rings. The normalized spacial score (nSPS) is 42.2. The van der Waals surface area contributed by atoms with Crippen LogP contribution in [0.1, 0.15) is 39.0 Å². The highest BCUT2D eigenvalue weighted by Crippen LogP contribution is 2.52. The molecule has 3 heteroatoms. The van der Waals surface area contributed by atoms with Crippen LogP contribution in [0, 0.1) is 5.41 Å². The van der Waals surface area contributed by atoms with Crippen LogP contribution >= 0.6 is 0 Å². The minimum atomic E-state index is -2.75. The third-order valence-electron chi connectivity index (χ3n) is 4.24. The third kappa shape index (κ3) is 1.53. The van der Waals surface area contributed by atoms with E-state index in [0.29, 0.717) is 19.3 Å². The molecule has 2 atom stereocenters. The van der Waals surface area contributed by atoms with Gasteiger partial charge in [-0.15, -0.1) is 0 Å². The van der Waals surface area contributed by atoms with E-state index in [-0.39, 0.29) is 6.42 Å². The lowest BCUT2D eigenvalue weighted by atomic mass is 9.60. The molecule has 1 saturated carbocycles. The van der Waals surface area contributed by atoms with E-state index >= 15 is 0 Å². The molecule has 1 fully saturated rings. The predicted octanol–water partition coefficient (Wildman–Crippen LogP) is 3.42. The van der Waals surface area contributed by atoms with Gasteiger partial charge in [-0.25, -0.2) is 8.78 Å². The first kappa shape index (κ1) is 11.8. The molecule has 1 unspecified atom stereocenters. The van der Waals surface area contributed by atoms with Gasteiger partial charge in [0.25, 0.3) is 5.92 Å². The molecule has 0 aliphatic heterocycles. The van der Waals surface area contributed by atoms with E-state index in [9.17, 15) is 8.78 Å². The molecule has 1 nitrogen and oxygen atoms in total. The highest BCUT2D eigenvalue weighted by molar-refractivity contribution is 5.25. The molecule has 0 saturated heterocycles. The summed E-state index contributed by atoms with van der Waals surface area (Å²) in [5.41, 5.74) is 4.10. The van der Waals surface area contributed by atoms with Crippen LogP contribution in [0.4, 0.5) is 8.78 Å². The lowest BCUT2D eigenvalue weighted by Crippen LogP contribution is -2.66. The average Bonchev–Trinajstić information content (AvgIpc) is 2.23. The zero-order valence-electron chi connectivity index (χ0n) is 9.68. The summed E-state index contributed by atoms with van der Waals surface area (Å²) < 4.78 is 28.2. The Bertz CT molecular complexity index is 335. The molecule has 2 rings (SSSR count). The predicted molar refractivity (Wildman–Crippen MR) is 61.3 cm³/mol. The fourth-order valence-electron chi connectivity index (χ4n) is 2.92. The minimum Gasteiger partial charge on any atom is -0.319 e. The SMILES string of the molecule is CC1([C@@]2(N)CCCCC2(F)F)C=CC=CC1. The van der Waals surface area contributed by atoms with Crippen LogP contribution in [0.15, 0.2) is 24.3 Å². The summed E-state index contributed by atoms with van der Waals surface area (Å²) in [6.07, 6.45) is 9.85. The highest BCUT2D eigenvalue weighted by Gasteiger charge is 2.60. The Balaban J connectivity index is 2.36. The van der Waals surface area contributed by atoms with Gasteiger partial charge in [0.2, 0.25) is 0 Å². The molecule has 0 spiro atoms. The first-order valence-electron chi connectivity index (χ1n) is 5.92. The number of nitrogens with two attached hydrogens (primary N) is 1. The maximum absolute atomic E-state index is 14.1. The molecule has 0 radical (unpaired) electrons. The fourth-order valence-corrected chi connectivity index (χ4v) is 2.92. The Labute approximate surface area is 95.4 Å². The number of rotatable bonds is 1. The summed E-state index contributed by atoms with van der Waals surface area (Å²) in [6, 6.07) is 0. The average molecular weight is 227 g/mol. The summed E-state index contributed by atoms with van der Waals surface area (Å²) in [5, 5.41) is 0. The van der Waals surface area contributed by atoms with Crippen molar-refractivity contribution >= 4 is 0 Å². The largest absolute Gasteiger partial charge is 0.319 e. The summed E-state index contributed by atoms with van der Waals surface area (Å²) in [5.74, 6) is -2.75. The first-order chi connectivity index (χ1) is 7.41. The molecule has 0 amide bonds. The maximum atomic E-state index is 14.1. The van der Waals surface area contributed by atoms with Crippen molar-refractivity contribution in [2.75, 3.05) is 0 Å². The van der Waals surface area contributed by atoms with Crippen molar-refractivity contribution in [2.45, 2.75) is 50.5 Å². The Morgan fingerprint density at radius 3 is 2.38 bits per heavy atom. The van der Waals surface area contributed by atoms with E-state index in [2.05, 4.69) is 0 Å². The number of hydrogen-bond donors (Lipinski definition) is 1. The second kappa shape index (κ2) is 3.66. The van der Waals surface area contributed by atoms with Crippen LogP contribution in [0.3, 0.4) is 0 Å². The van der Waals surface area contributed by atoms with E-state index in [1.54, 1.807) is 0 Å². The monoisotopic (exact) mass is 227 g/mol. The molecule has 0 bridgehead atoms. The van der Waals surface area contributed by atoms with Gasteiger partial charge >= 0.3 is 0 Å². The van der Waals surface area contributed by atoms with Gasteiger partial charge in [0.15, 0.2) is 0 Å². The molecule has 0 aromatic heterocycles. The van der Waals surface area contributed by atoms with Gasteiger partial charge in [-0.1, -0.05) is 37.6 Å². The second-order valence-electron chi connectivity index (χ2n) is 5.29. The van der Waals surface area contributed by atoms with Gasteiger partial charge in [-0.05, 0) is 19.3 Å². The van der Waals surface area contributed by atoms with Crippen LogP contribution in [0.25, 0.3) is 0 Å². The van der Waals surface area contributed by atoms with Gasteiger partial charge in [0.05, 0.1) is 5.54 Å². The Kier molecular flexibility index (Phi) is 2.69. The van der Waals surface area contributed by atoms with Crippen LogP contribution in [0.5, 0.6) is 0 Å². The number of alkyl halides is 2. The summed E-state index contributed by atoms with van der Waals surface area (Å²) in [7, 11) is 0.